The molecule has 8 heteroatoms. The second kappa shape index (κ2) is 15.5. The van der Waals surface area contributed by atoms with E-state index in [-0.39, 0.29) is 25.6 Å². The van der Waals surface area contributed by atoms with E-state index >= 15 is 0 Å². The monoisotopic (exact) mass is 544 g/mol. The molecule has 2 saturated heterocycles. The van der Waals surface area contributed by atoms with Gasteiger partial charge in [0.1, 0.15) is 41.7 Å². The van der Waals surface area contributed by atoms with Crippen LogP contribution in [0.25, 0.3) is 0 Å². The van der Waals surface area contributed by atoms with E-state index < -0.39 is 18.2 Å². The summed E-state index contributed by atoms with van der Waals surface area (Å²) in [5.41, 5.74) is 0.364. The summed E-state index contributed by atoms with van der Waals surface area (Å²) >= 11 is 0. The molecule has 2 aliphatic rings. The lowest BCUT2D eigenvalue weighted by atomic mass is 10.1. The SMILES string of the molecule is C#CC#CC#COc1ccc(C(=O)O[C@@H]2CO[C@@H]3C(OCOc4ccc(OCCCCCC)cc4)CO[C@@H]32)cc1. The minimum atomic E-state index is -0.543. The Morgan fingerprint density at radius 1 is 0.850 bits per heavy atom. The van der Waals surface area contributed by atoms with Gasteiger partial charge in [-0.2, -0.15) is 0 Å². The molecule has 0 amide bonds. The van der Waals surface area contributed by atoms with Crippen LogP contribution < -0.4 is 14.2 Å². The smallest absolute Gasteiger partial charge is 0.338 e. The van der Waals surface area contributed by atoms with Crippen molar-refractivity contribution < 1.29 is 38.0 Å². The maximum absolute atomic E-state index is 12.7. The van der Waals surface area contributed by atoms with E-state index in [1.165, 1.54) is 19.3 Å². The lowest BCUT2D eigenvalue weighted by Crippen LogP contribution is -2.35. The molecule has 8 nitrogen and oxygen atoms in total. The van der Waals surface area contributed by atoms with Gasteiger partial charge in [-0.1, -0.05) is 26.2 Å². The normalized spacial score (nSPS) is 20.6. The van der Waals surface area contributed by atoms with Crippen LogP contribution in [0.4, 0.5) is 0 Å². The van der Waals surface area contributed by atoms with Gasteiger partial charge in [0.05, 0.1) is 25.4 Å². The number of rotatable bonds is 13. The van der Waals surface area contributed by atoms with Crippen molar-refractivity contribution in [2.24, 2.45) is 0 Å². The minimum absolute atomic E-state index is 0.0392. The number of fused-ring (bicyclic) bond motifs is 1. The molecule has 0 radical (unpaired) electrons. The third-order valence-corrected chi connectivity index (χ3v) is 6.33. The van der Waals surface area contributed by atoms with Gasteiger partial charge in [0.15, 0.2) is 12.9 Å². The highest BCUT2D eigenvalue weighted by Gasteiger charge is 2.50. The number of benzene rings is 2. The van der Waals surface area contributed by atoms with E-state index in [0.717, 1.165) is 12.2 Å². The maximum atomic E-state index is 12.7. The number of carbonyl (C=O) groups is 1. The first kappa shape index (κ1) is 28.9. The average molecular weight is 545 g/mol. The van der Waals surface area contributed by atoms with Crippen molar-refractivity contribution in [2.45, 2.75) is 57.0 Å². The van der Waals surface area contributed by atoms with Crippen LogP contribution in [0, 0.1) is 36.2 Å². The predicted octanol–water partition coefficient (Wildman–Crippen LogP) is 4.37. The number of hydrogen-bond acceptors (Lipinski definition) is 8. The van der Waals surface area contributed by atoms with Gasteiger partial charge in [0.25, 0.3) is 0 Å². The molecular formula is C32H32O8. The Labute approximate surface area is 235 Å². The summed E-state index contributed by atoms with van der Waals surface area (Å²) in [6.07, 6.45) is 10.5. The van der Waals surface area contributed by atoms with Crippen molar-refractivity contribution in [3.63, 3.8) is 0 Å². The predicted molar refractivity (Wildman–Crippen MR) is 147 cm³/mol. The summed E-state index contributed by atoms with van der Waals surface area (Å²) in [6, 6.07) is 13.9. The summed E-state index contributed by atoms with van der Waals surface area (Å²) < 4.78 is 40.0. The van der Waals surface area contributed by atoms with Crippen molar-refractivity contribution >= 4 is 5.97 Å². The van der Waals surface area contributed by atoms with Gasteiger partial charge in [0.2, 0.25) is 0 Å². The number of ether oxygens (including phenoxy) is 7. The first-order valence-corrected chi connectivity index (χ1v) is 13.3. The molecule has 0 N–H and O–H groups in total. The molecule has 0 aliphatic carbocycles. The van der Waals surface area contributed by atoms with Gasteiger partial charge in [-0.25, -0.2) is 4.79 Å². The van der Waals surface area contributed by atoms with Crippen molar-refractivity contribution in [1.29, 1.82) is 0 Å². The van der Waals surface area contributed by atoms with Crippen LogP contribution in [-0.2, 0) is 18.9 Å². The molecular weight excluding hydrogens is 512 g/mol. The van der Waals surface area contributed by atoms with E-state index in [9.17, 15) is 4.79 Å². The van der Waals surface area contributed by atoms with Crippen LogP contribution in [0.2, 0.25) is 0 Å². The van der Waals surface area contributed by atoms with E-state index in [4.69, 9.17) is 39.6 Å². The Morgan fingerprint density at radius 2 is 1.52 bits per heavy atom. The lowest BCUT2D eigenvalue weighted by molar-refractivity contribution is -0.0839. The largest absolute Gasteiger partial charge is 0.494 e. The second-order valence-electron chi connectivity index (χ2n) is 9.14. The van der Waals surface area contributed by atoms with E-state index in [0.29, 0.717) is 30.3 Å². The van der Waals surface area contributed by atoms with Crippen LogP contribution in [0.1, 0.15) is 43.0 Å². The molecule has 4 atom stereocenters. The fourth-order valence-electron chi connectivity index (χ4n) is 4.26. The zero-order valence-corrected chi connectivity index (χ0v) is 22.4. The summed E-state index contributed by atoms with van der Waals surface area (Å²) in [7, 11) is 0. The third-order valence-electron chi connectivity index (χ3n) is 6.33. The fraction of sp³-hybridized carbons (Fsp3) is 0.406. The molecule has 2 aromatic rings. The third kappa shape index (κ3) is 8.43. The van der Waals surface area contributed by atoms with Gasteiger partial charge in [-0.05, 0) is 66.8 Å². The highest BCUT2D eigenvalue weighted by molar-refractivity contribution is 5.89. The van der Waals surface area contributed by atoms with E-state index in [1.807, 2.05) is 24.3 Å². The number of hydrogen-bond donors (Lipinski definition) is 0. The Morgan fingerprint density at radius 3 is 2.25 bits per heavy atom. The molecule has 2 heterocycles. The van der Waals surface area contributed by atoms with E-state index in [2.05, 4.69) is 36.7 Å². The van der Waals surface area contributed by atoms with E-state index in [1.54, 1.807) is 24.3 Å². The van der Waals surface area contributed by atoms with Gasteiger partial charge in [-0.15, -0.1) is 6.42 Å². The molecule has 2 fully saturated rings. The Hall–Kier alpha value is -4.13. The maximum Gasteiger partial charge on any atom is 0.338 e. The first-order valence-electron chi connectivity index (χ1n) is 13.3. The molecule has 208 valence electrons. The van der Waals surface area contributed by atoms with Gasteiger partial charge < -0.3 is 33.2 Å². The van der Waals surface area contributed by atoms with Crippen molar-refractivity contribution in [2.75, 3.05) is 26.6 Å². The quantitative estimate of drug-likeness (QED) is 0.159. The van der Waals surface area contributed by atoms with Crippen LogP contribution in [0.5, 0.6) is 17.2 Å². The highest BCUT2D eigenvalue weighted by Crippen LogP contribution is 2.31. The van der Waals surface area contributed by atoms with Gasteiger partial charge in [-0.3, -0.25) is 0 Å². The summed E-state index contributed by atoms with van der Waals surface area (Å²) in [4.78, 5) is 12.7. The molecule has 1 unspecified atom stereocenters. The van der Waals surface area contributed by atoms with Crippen LogP contribution in [-0.4, -0.2) is 57.0 Å². The molecule has 2 aliphatic heterocycles. The Balaban J connectivity index is 1.17. The number of terminal acetylenes is 1. The molecule has 0 saturated carbocycles. The number of unbranched alkanes of at least 4 members (excludes halogenated alkanes) is 3. The van der Waals surface area contributed by atoms with Crippen LogP contribution >= 0.6 is 0 Å². The Kier molecular flexibility index (Phi) is 11.2. The van der Waals surface area contributed by atoms with Crippen LogP contribution in [0.15, 0.2) is 48.5 Å². The number of esters is 1. The van der Waals surface area contributed by atoms with Crippen molar-refractivity contribution in [1.82, 2.24) is 0 Å². The molecule has 2 aromatic carbocycles. The topological polar surface area (TPSA) is 81.7 Å². The molecule has 0 spiro atoms. The summed E-state index contributed by atoms with van der Waals surface area (Å²) in [5.74, 6) is 10.9. The summed E-state index contributed by atoms with van der Waals surface area (Å²) in [5, 5.41) is 0. The van der Waals surface area contributed by atoms with Crippen molar-refractivity contribution in [3.8, 4) is 53.5 Å². The van der Waals surface area contributed by atoms with Crippen molar-refractivity contribution in [3.05, 3.63) is 54.1 Å². The second-order valence-corrected chi connectivity index (χ2v) is 9.14. The Bertz CT molecular complexity index is 1260. The molecule has 4 rings (SSSR count). The fourth-order valence-corrected chi connectivity index (χ4v) is 4.26. The zero-order chi connectivity index (χ0) is 28.0. The molecule has 0 aromatic heterocycles. The van der Waals surface area contributed by atoms with Gasteiger partial charge in [0, 0.05) is 11.8 Å². The molecule has 40 heavy (non-hydrogen) atoms. The minimum Gasteiger partial charge on any atom is -0.494 e. The van der Waals surface area contributed by atoms with Crippen LogP contribution in [0.3, 0.4) is 0 Å². The standard InChI is InChI=1S/C32H32O8/c1-3-5-7-9-19-34-25-13-11-24(12-14-25)32(33)40-29-22-37-30-28(21-36-31(29)30)39-23-38-27-17-15-26(16-18-27)35-20-10-8-6-4-2/h1,11-18,28-31H,4,6,8,10,20-23H2,2H3/t28?,29-,30-,31-/m1/s1. The number of carbonyl (C=O) groups excluding carboxylic acids is 1. The zero-order valence-electron chi connectivity index (χ0n) is 22.4. The summed E-state index contributed by atoms with van der Waals surface area (Å²) in [6.45, 7) is 3.48. The lowest BCUT2D eigenvalue weighted by Gasteiger charge is -2.17. The van der Waals surface area contributed by atoms with Gasteiger partial charge >= 0.3 is 5.97 Å². The first-order chi connectivity index (χ1) is 19.7. The molecule has 0 bridgehead atoms. The highest BCUT2D eigenvalue weighted by atomic mass is 16.7. The average Bonchev–Trinajstić information content (AvgIpc) is 3.57.